The van der Waals surface area contributed by atoms with Crippen LogP contribution in [0, 0.1) is 5.92 Å². The quantitative estimate of drug-likeness (QED) is 0.672. The predicted octanol–water partition coefficient (Wildman–Crippen LogP) is 3.57. The second-order valence-electron chi connectivity index (χ2n) is 6.91. The maximum Gasteiger partial charge on any atom is 0.228 e. The van der Waals surface area contributed by atoms with Crippen molar-refractivity contribution in [2.45, 2.75) is 30.1 Å². The lowest BCUT2D eigenvalue weighted by Crippen LogP contribution is -2.20. The van der Waals surface area contributed by atoms with Crippen LogP contribution in [0.5, 0.6) is 5.75 Å². The summed E-state index contributed by atoms with van der Waals surface area (Å²) >= 11 is 1.51. The van der Waals surface area contributed by atoms with E-state index in [0.29, 0.717) is 29.5 Å². The zero-order valence-corrected chi connectivity index (χ0v) is 18.4. The zero-order chi connectivity index (χ0) is 21.7. The molecule has 1 aliphatic heterocycles. The number of para-hydroxylation sites is 2. The van der Waals surface area contributed by atoms with E-state index in [9.17, 15) is 18.0 Å². The van der Waals surface area contributed by atoms with Crippen molar-refractivity contribution in [2.75, 3.05) is 28.7 Å². The molecule has 0 spiro atoms. The van der Waals surface area contributed by atoms with Gasteiger partial charge in [0, 0.05) is 23.0 Å². The molecule has 160 valence electrons. The van der Waals surface area contributed by atoms with Crippen molar-refractivity contribution in [1.29, 1.82) is 0 Å². The fraction of sp³-hybridized carbons (Fsp3) is 0.333. The Labute approximate surface area is 180 Å². The van der Waals surface area contributed by atoms with Gasteiger partial charge in [-0.15, -0.1) is 11.8 Å². The Hall–Kier alpha value is -2.52. The predicted molar refractivity (Wildman–Crippen MR) is 118 cm³/mol. The summed E-state index contributed by atoms with van der Waals surface area (Å²) in [5, 5.41) is 5.48. The normalized spacial score (nSPS) is 16.2. The number of sulfone groups is 1. The van der Waals surface area contributed by atoms with Crippen molar-refractivity contribution in [3.8, 4) is 5.75 Å². The van der Waals surface area contributed by atoms with Crippen LogP contribution in [0.2, 0.25) is 0 Å². The van der Waals surface area contributed by atoms with Crippen LogP contribution in [0.3, 0.4) is 0 Å². The van der Waals surface area contributed by atoms with Gasteiger partial charge >= 0.3 is 0 Å². The minimum atomic E-state index is -3.70. The fourth-order valence-electron chi connectivity index (χ4n) is 2.88. The summed E-state index contributed by atoms with van der Waals surface area (Å²) in [4.78, 5) is 25.3. The molecule has 0 unspecified atom stereocenters. The third-order valence-corrected chi connectivity index (χ3v) is 7.61. The molecule has 2 aromatic rings. The van der Waals surface area contributed by atoms with Crippen LogP contribution in [0.15, 0.2) is 52.3 Å². The van der Waals surface area contributed by atoms with Crippen LogP contribution >= 0.6 is 11.8 Å². The highest BCUT2D eigenvalue weighted by Crippen LogP contribution is 2.34. The first-order valence-electron chi connectivity index (χ1n) is 9.62. The van der Waals surface area contributed by atoms with E-state index in [4.69, 9.17) is 4.74 Å². The van der Waals surface area contributed by atoms with Crippen LogP contribution in [-0.2, 0) is 19.4 Å². The third kappa shape index (κ3) is 5.34. The number of fused-ring (bicyclic) bond motifs is 1. The van der Waals surface area contributed by atoms with E-state index in [-0.39, 0.29) is 28.9 Å². The largest absolute Gasteiger partial charge is 0.492 e. The van der Waals surface area contributed by atoms with Crippen LogP contribution in [-0.4, -0.2) is 38.3 Å². The van der Waals surface area contributed by atoms with Crippen molar-refractivity contribution in [3.05, 3.63) is 42.5 Å². The Morgan fingerprint density at radius 2 is 2.03 bits per heavy atom. The lowest BCUT2D eigenvalue weighted by atomic mass is 10.2. The smallest absolute Gasteiger partial charge is 0.228 e. The van der Waals surface area contributed by atoms with E-state index >= 15 is 0 Å². The van der Waals surface area contributed by atoms with Gasteiger partial charge in [0.2, 0.25) is 11.8 Å². The number of benzene rings is 2. The standard InChI is InChI=1S/C21H24N2O5S2/c1-3-28-18-7-5-4-6-16(18)22-20(24)10-11-30(26,27)15-8-9-19-17(12-15)23-21(25)14(2)13-29-19/h4-9,12,14H,3,10-11,13H2,1-2H3,(H,22,24)(H,23,25)/t14-/m0/s1. The third-order valence-electron chi connectivity index (χ3n) is 4.56. The Bertz CT molecular complexity index is 1050. The second-order valence-corrected chi connectivity index (χ2v) is 10.1. The van der Waals surface area contributed by atoms with Crippen molar-refractivity contribution in [3.63, 3.8) is 0 Å². The van der Waals surface area contributed by atoms with E-state index < -0.39 is 15.7 Å². The molecule has 0 fully saturated rings. The number of hydrogen-bond donors (Lipinski definition) is 2. The SMILES string of the molecule is CCOc1ccccc1NC(=O)CCS(=O)(=O)c1ccc2c(c1)NC(=O)[C@@H](C)CS2. The van der Waals surface area contributed by atoms with Crippen LogP contribution in [0.1, 0.15) is 20.3 Å². The first-order valence-corrected chi connectivity index (χ1v) is 12.3. The second kappa shape index (κ2) is 9.53. The van der Waals surface area contributed by atoms with Crippen molar-refractivity contribution >= 4 is 44.8 Å². The summed E-state index contributed by atoms with van der Waals surface area (Å²) in [5.74, 6) is 0.108. The van der Waals surface area contributed by atoms with Crippen molar-refractivity contribution < 1.29 is 22.7 Å². The Morgan fingerprint density at radius 1 is 1.27 bits per heavy atom. The Balaban J connectivity index is 1.68. The average molecular weight is 449 g/mol. The Kier molecular flexibility index (Phi) is 7.04. The molecule has 0 aliphatic carbocycles. The van der Waals surface area contributed by atoms with E-state index in [0.717, 1.165) is 4.90 Å². The minimum Gasteiger partial charge on any atom is -0.492 e. The van der Waals surface area contributed by atoms with Gasteiger partial charge < -0.3 is 15.4 Å². The topological polar surface area (TPSA) is 102 Å². The molecule has 0 aromatic heterocycles. The molecular formula is C21H24N2O5S2. The number of thioether (sulfide) groups is 1. The molecule has 1 heterocycles. The number of carbonyl (C=O) groups is 2. The summed E-state index contributed by atoms with van der Waals surface area (Å²) < 4.78 is 31.0. The fourth-order valence-corrected chi connectivity index (χ4v) is 5.15. The molecule has 9 heteroatoms. The molecule has 0 radical (unpaired) electrons. The lowest BCUT2D eigenvalue weighted by molar-refractivity contribution is -0.118. The monoisotopic (exact) mass is 448 g/mol. The molecule has 0 saturated carbocycles. The van der Waals surface area contributed by atoms with E-state index in [1.54, 1.807) is 30.3 Å². The molecular weight excluding hydrogens is 424 g/mol. The van der Waals surface area contributed by atoms with Gasteiger partial charge in [0.05, 0.1) is 28.6 Å². The first kappa shape index (κ1) is 22.2. The molecule has 1 aliphatic rings. The van der Waals surface area contributed by atoms with Gasteiger partial charge in [-0.2, -0.15) is 0 Å². The summed E-state index contributed by atoms with van der Waals surface area (Å²) in [6, 6.07) is 11.7. The summed E-state index contributed by atoms with van der Waals surface area (Å²) in [6.07, 6.45) is -0.196. The molecule has 0 bridgehead atoms. The number of anilines is 2. The molecule has 30 heavy (non-hydrogen) atoms. The zero-order valence-electron chi connectivity index (χ0n) is 16.8. The summed E-state index contributed by atoms with van der Waals surface area (Å²) in [6.45, 7) is 4.12. The maximum absolute atomic E-state index is 12.8. The van der Waals surface area contributed by atoms with E-state index in [1.165, 1.54) is 23.9 Å². The van der Waals surface area contributed by atoms with Crippen molar-refractivity contribution in [1.82, 2.24) is 0 Å². The molecule has 7 nitrogen and oxygen atoms in total. The molecule has 2 amide bonds. The van der Waals surface area contributed by atoms with E-state index in [1.807, 2.05) is 13.8 Å². The molecule has 3 rings (SSSR count). The van der Waals surface area contributed by atoms with Crippen LogP contribution in [0.25, 0.3) is 0 Å². The highest BCUT2D eigenvalue weighted by molar-refractivity contribution is 7.99. The number of ether oxygens (including phenoxy) is 1. The van der Waals surface area contributed by atoms with Crippen molar-refractivity contribution in [2.24, 2.45) is 5.92 Å². The molecule has 2 N–H and O–H groups in total. The highest BCUT2D eigenvalue weighted by atomic mass is 32.2. The van der Waals surface area contributed by atoms with Crippen LogP contribution < -0.4 is 15.4 Å². The van der Waals surface area contributed by atoms with Crippen LogP contribution in [0.4, 0.5) is 11.4 Å². The van der Waals surface area contributed by atoms with Gasteiger partial charge in [-0.1, -0.05) is 19.1 Å². The van der Waals surface area contributed by atoms with Gasteiger partial charge in [-0.25, -0.2) is 8.42 Å². The number of amides is 2. The minimum absolute atomic E-state index is 0.0826. The van der Waals surface area contributed by atoms with Gasteiger partial charge in [0.1, 0.15) is 5.75 Å². The van der Waals surface area contributed by atoms with Gasteiger partial charge in [-0.3, -0.25) is 9.59 Å². The van der Waals surface area contributed by atoms with Gasteiger partial charge in [0.15, 0.2) is 9.84 Å². The van der Waals surface area contributed by atoms with Gasteiger partial charge in [-0.05, 0) is 37.3 Å². The van der Waals surface area contributed by atoms with Gasteiger partial charge in [0.25, 0.3) is 0 Å². The lowest BCUT2D eigenvalue weighted by Gasteiger charge is -2.12. The first-order chi connectivity index (χ1) is 14.3. The molecule has 0 saturated heterocycles. The van der Waals surface area contributed by atoms with E-state index in [2.05, 4.69) is 10.6 Å². The number of rotatable bonds is 7. The summed E-state index contributed by atoms with van der Waals surface area (Å²) in [5.41, 5.74) is 0.992. The molecule has 2 aromatic carbocycles. The average Bonchev–Trinajstić information content (AvgIpc) is 2.86. The Morgan fingerprint density at radius 3 is 2.80 bits per heavy atom. The number of hydrogen-bond acceptors (Lipinski definition) is 6. The number of carbonyl (C=O) groups excluding carboxylic acids is 2. The summed E-state index contributed by atoms with van der Waals surface area (Å²) in [7, 11) is -3.70. The highest BCUT2D eigenvalue weighted by Gasteiger charge is 2.23. The molecule has 1 atom stereocenters. The maximum atomic E-state index is 12.8. The number of nitrogens with one attached hydrogen (secondary N) is 2.